The second-order valence-corrected chi connectivity index (χ2v) is 9.84. The number of nitrogens with zero attached hydrogens (tertiary/aromatic N) is 5. The van der Waals surface area contributed by atoms with Crippen molar-refractivity contribution in [3.05, 3.63) is 43.2 Å². The van der Waals surface area contributed by atoms with E-state index in [-0.39, 0.29) is 28.1 Å². The molecule has 0 aliphatic rings. The minimum Gasteiger partial charge on any atom is -0.506 e. The van der Waals surface area contributed by atoms with Gasteiger partial charge in [0.1, 0.15) is 23.4 Å². The predicted molar refractivity (Wildman–Crippen MR) is 131 cm³/mol. The number of phenolic OH excluding ortho intramolecular Hbond substituents is 1. The molecule has 1 aromatic carbocycles. The van der Waals surface area contributed by atoms with Crippen LogP contribution >= 0.6 is 73.5 Å². The van der Waals surface area contributed by atoms with Crippen LogP contribution in [0.2, 0.25) is 0 Å². The fourth-order valence-corrected chi connectivity index (χ4v) is 5.10. The van der Waals surface area contributed by atoms with Gasteiger partial charge in [0.25, 0.3) is 0 Å². The number of anilines is 1. The van der Waals surface area contributed by atoms with Crippen LogP contribution in [0.5, 0.6) is 5.75 Å². The summed E-state index contributed by atoms with van der Waals surface area (Å²) in [6.07, 6.45) is 4.74. The molecule has 0 amide bonds. The molecule has 0 aliphatic carbocycles. The molecule has 0 bridgehead atoms. The molecule has 144 valence electrons. The van der Waals surface area contributed by atoms with E-state index in [1.165, 1.54) is 17.7 Å². The average Bonchev–Trinajstić information content (AvgIpc) is 3.20. The molecule has 0 saturated carbocycles. The minimum atomic E-state index is -0.147. The van der Waals surface area contributed by atoms with Crippen LogP contribution in [0.1, 0.15) is 32.0 Å². The average molecular weight is 675 g/mol. The molecule has 0 aliphatic heterocycles. The van der Waals surface area contributed by atoms with Crippen molar-refractivity contribution >= 4 is 84.8 Å². The Morgan fingerprint density at radius 3 is 2.67 bits per heavy atom. The van der Waals surface area contributed by atoms with Crippen molar-refractivity contribution in [1.82, 2.24) is 19.7 Å². The predicted octanol–water partition coefficient (Wildman–Crippen LogP) is 4.96. The normalized spacial score (nSPS) is 11.6. The SMILES string of the molecule is Br.CC(C)(C)c1nc(N/N=C/c2cc(I)cc(I)c2O)sc1-n1cncn1. The summed E-state index contributed by atoms with van der Waals surface area (Å²) in [7, 11) is 0. The highest BCUT2D eigenvalue weighted by Crippen LogP contribution is 2.34. The number of rotatable bonds is 4. The van der Waals surface area contributed by atoms with Crippen molar-refractivity contribution in [2.45, 2.75) is 26.2 Å². The van der Waals surface area contributed by atoms with Crippen molar-refractivity contribution in [2.24, 2.45) is 5.10 Å². The highest BCUT2D eigenvalue weighted by Gasteiger charge is 2.24. The molecule has 3 rings (SSSR count). The van der Waals surface area contributed by atoms with E-state index in [2.05, 4.69) is 91.5 Å². The zero-order valence-corrected chi connectivity index (χ0v) is 21.5. The van der Waals surface area contributed by atoms with Gasteiger partial charge in [-0.1, -0.05) is 32.1 Å². The van der Waals surface area contributed by atoms with E-state index in [4.69, 9.17) is 0 Å². The molecule has 0 spiro atoms. The van der Waals surface area contributed by atoms with E-state index in [0.29, 0.717) is 10.7 Å². The van der Waals surface area contributed by atoms with Gasteiger partial charge in [0, 0.05) is 14.5 Å². The van der Waals surface area contributed by atoms with Gasteiger partial charge < -0.3 is 5.11 Å². The maximum absolute atomic E-state index is 10.1. The first-order valence-corrected chi connectivity index (χ1v) is 10.6. The van der Waals surface area contributed by atoms with Gasteiger partial charge >= 0.3 is 0 Å². The van der Waals surface area contributed by atoms with Crippen LogP contribution in [0.15, 0.2) is 29.9 Å². The molecule has 7 nitrogen and oxygen atoms in total. The second kappa shape index (κ2) is 9.13. The Balaban J connectivity index is 0.00000261. The third kappa shape index (κ3) is 5.38. The van der Waals surface area contributed by atoms with Gasteiger partial charge in [0.15, 0.2) is 0 Å². The van der Waals surface area contributed by atoms with Gasteiger partial charge in [-0.25, -0.2) is 14.6 Å². The quantitative estimate of drug-likeness (QED) is 0.232. The summed E-state index contributed by atoms with van der Waals surface area (Å²) in [5.74, 6) is 0.217. The number of thiazole rings is 1. The highest BCUT2D eigenvalue weighted by molar-refractivity contribution is 14.1. The Morgan fingerprint density at radius 2 is 2.04 bits per heavy atom. The molecule has 11 heteroatoms. The van der Waals surface area contributed by atoms with Crippen LogP contribution in [0.3, 0.4) is 0 Å². The van der Waals surface area contributed by atoms with Gasteiger partial charge in [-0.2, -0.15) is 10.2 Å². The topological polar surface area (TPSA) is 88.2 Å². The van der Waals surface area contributed by atoms with Crippen LogP contribution in [0.25, 0.3) is 5.00 Å². The number of benzene rings is 1. The molecule has 3 aromatic rings. The summed E-state index contributed by atoms with van der Waals surface area (Å²) in [6, 6.07) is 3.77. The van der Waals surface area contributed by atoms with Crippen LogP contribution in [0, 0.1) is 7.14 Å². The van der Waals surface area contributed by atoms with Crippen molar-refractivity contribution in [2.75, 3.05) is 5.43 Å². The molecule has 0 unspecified atom stereocenters. The summed E-state index contributed by atoms with van der Waals surface area (Å²) in [5, 5.41) is 20.1. The Labute approximate surface area is 198 Å². The number of aromatic nitrogens is 4. The Bertz CT molecular complexity index is 953. The maximum Gasteiger partial charge on any atom is 0.205 e. The fraction of sp³-hybridized carbons (Fsp3) is 0.250. The molecule has 2 aromatic heterocycles. The summed E-state index contributed by atoms with van der Waals surface area (Å²) in [4.78, 5) is 8.68. The molecular weight excluding hydrogens is 658 g/mol. The number of halogens is 3. The number of nitrogens with one attached hydrogen (secondary N) is 1. The van der Waals surface area contributed by atoms with E-state index in [1.54, 1.807) is 17.2 Å². The summed E-state index contributed by atoms with van der Waals surface area (Å²) in [5.41, 5.74) is 4.37. The lowest BCUT2D eigenvalue weighted by Gasteiger charge is -2.16. The van der Waals surface area contributed by atoms with E-state index < -0.39 is 0 Å². The van der Waals surface area contributed by atoms with Crippen molar-refractivity contribution in [3.63, 3.8) is 0 Å². The van der Waals surface area contributed by atoms with Crippen LogP contribution in [-0.4, -0.2) is 31.1 Å². The number of hydrogen-bond acceptors (Lipinski definition) is 7. The first kappa shape index (κ1) is 22.5. The Kier molecular flexibility index (Phi) is 7.61. The standard InChI is InChI=1S/C16H16I2N6OS.BrH/c1-16(2,3)13-14(24-8-19-7-21-24)26-15(22-13)23-20-6-9-4-10(17)5-11(18)12(9)25;/h4-8,25H,1-3H3,(H,22,23);1H/b20-6+;. The Hall–Kier alpha value is -0.800. The van der Waals surface area contributed by atoms with Gasteiger partial charge in [0.2, 0.25) is 5.13 Å². The zero-order chi connectivity index (χ0) is 18.9. The zero-order valence-electron chi connectivity index (χ0n) is 14.6. The van der Waals surface area contributed by atoms with E-state index in [1.807, 2.05) is 12.1 Å². The first-order valence-electron chi connectivity index (χ1n) is 7.59. The molecule has 0 fully saturated rings. The van der Waals surface area contributed by atoms with Gasteiger partial charge in [-0.15, -0.1) is 17.0 Å². The molecule has 2 heterocycles. The molecule has 0 radical (unpaired) electrons. The van der Waals surface area contributed by atoms with E-state index >= 15 is 0 Å². The molecular formula is C16H17BrI2N6OS. The van der Waals surface area contributed by atoms with Crippen molar-refractivity contribution in [3.8, 4) is 10.8 Å². The van der Waals surface area contributed by atoms with Crippen LogP contribution in [0.4, 0.5) is 5.13 Å². The summed E-state index contributed by atoms with van der Waals surface area (Å²) >= 11 is 5.76. The summed E-state index contributed by atoms with van der Waals surface area (Å²) < 4.78 is 3.53. The molecule has 0 atom stereocenters. The van der Waals surface area contributed by atoms with Crippen molar-refractivity contribution < 1.29 is 5.11 Å². The number of aromatic hydroxyl groups is 1. The maximum atomic E-state index is 10.1. The smallest absolute Gasteiger partial charge is 0.205 e. The van der Waals surface area contributed by atoms with E-state index in [9.17, 15) is 5.11 Å². The number of hydrazone groups is 1. The summed E-state index contributed by atoms with van der Waals surface area (Å²) in [6.45, 7) is 6.30. The van der Waals surface area contributed by atoms with Crippen molar-refractivity contribution in [1.29, 1.82) is 0 Å². The molecule has 0 saturated heterocycles. The highest BCUT2D eigenvalue weighted by atomic mass is 127. The van der Waals surface area contributed by atoms with Crippen LogP contribution < -0.4 is 5.43 Å². The lowest BCUT2D eigenvalue weighted by molar-refractivity contribution is 0.470. The van der Waals surface area contributed by atoms with Gasteiger partial charge in [-0.3, -0.25) is 5.43 Å². The largest absolute Gasteiger partial charge is 0.506 e. The Morgan fingerprint density at radius 1 is 1.30 bits per heavy atom. The first-order chi connectivity index (χ1) is 12.3. The third-order valence-electron chi connectivity index (χ3n) is 3.37. The van der Waals surface area contributed by atoms with E-state index in [0.717, 1.165) is 17.8 Å². The third-order valence-corrected chi connectivity index (χ3v) is 5.76. The van der Waals surface area contributed by atoms with Crippen LogP contribution in [-0.2, 0) is 5.41 Å². The lowest BCUT2D eigenvalue weighted by atomic mass is 9.92. The monoisotopic (exact) mass is 674 g/mol. The number of hydrogen-bond donors (Lipinski definition) is 2. The van der Waals surface area contributed by atoms with Gasteiger partial charge in [0.05, 0.1) is 15.5 Å². The minimum absolute atomic E-state index is 0. The molecule has 2 N–H and O–H groups in total. The number of phenols is 1. The second-order valence-electron chi connectivity index (χ2n) is 6.46. The fourth-order valence-electron chi connectivity index (χ4n) is 2.16. The lowest BCUT2D eigenvalue weighted by Crippen LogP contribution is -2.15. The van der Waals surface area contributed by atoms with Gasteiger partial charge in [-0.05, 0) is 57.3 Å². The molecule has 27 heavy (non-hydrogen) atoms.